The number of likely N-dealkylation sites (tertiary alicyclic amines) is 1. The molecule has 0 aliphatic carbocycles. The highest BCUT2D eigenvalue weighted by atomic mass is 35.5. The molecule has 7 heteroatoms. The van der Waals surface area contributed by atoms with Crippen molar-refractivity contribution in [3.63, 3.8) is 0 Å². The smallest absolute Gasteiger partial charge is 0.317 e. The van der Waals surface area contributed by atoms with Gasteiger partial charge in [-0.05, 0) is 57.1 Å². The Labute approximate surface area is 134 Å². The van der Waals surface area contributed by atoms with E-state index in [2.05, 4.69) is 17.1 Å². The number of hydrogen-bond donors (Lipinski definition) is 1. The lowest BCUT2D eigenvalue weighted by Gasteiger charge is -2.31. The number of rotatable bonds is 5. The Balaban J connectivity index is 0.00000220. The second-order valence-electron chi connectivity index (χ2n) is 5.29. The molecule has 0 saturated carbocycles. The number of halogens is 4. The molecule has 1 saturated heterocycles. The van der Waals surface area contributed by atoms with Gasteiger partial charge in [0, 0.05) is 11.4 Å². The molecule has 0 atom stereocenters. The van der Waals surface area contributed by atoms with Crippen LogP contribution in [-0.2, 0) is 12.7 Å². The Bertz CT molecular complexity index is 415. The average Bonchev–Trinajstić information content (AvgIpc) is 2.86. The van der Waals surface area contributed by atoms with E-state index in [0.29, 0.717) is 12.5 Å². The molecule has 0 radical (unpaired) electrons. The molecule has 1 aromatic heterocycles. The summed E-state index contributed by atoms with van der Waals surface area (Å²) in [6.07, 6.45) is -1.95. The van der Waals surface area contributed by atoms with Crippen molar-refractivity contribution in [2.45, 2.75) is 32.5 Å². The Morgan fingerprint density at radius 3 is 2.48 bits per heavy atom. The fraction of sp³-hybridized carbons (Fsp3) is 0.714. The minimum atomic E-state index is -4.21. The Morgan fingerprint density at radius 1 is 1.29 bits per heavy atom. The number of nitrogens with one attached hydrogen (secondary N) is 1. The van der Waals surface area contributed by atoms with Crippen molar-refractivity contribution in [2.24, 2.45) is 5.92 Å². The SMILES string of the molecule is CCNCC1CCN(Cc2ccc(C(F)(F)F)s2)CC1.Cl. The van der Waals surface area contributed by atoms with Gasteiger partial charge < -0.3 is 5.32 Å². The summed E-state index contributed by atoms with van der Waals surface area (Å²) in [7, 11) is 0. The molecule has 1 aliphatic rings. The molecule has 2 heterocycles. The van der Waals surface area contributed by atoms with Crippen LogP contribution in [0.4, 0.5) is 13.2 Å². The summed E-state index contributed by atoms with van der Waals surface area (Å²) < 4.78 is 37.6. The van der Waals surface area contributed by atoms with E-state index >= 15 is 0 Å². The molecule has 0 aromatic carbocycles. The summed E-state index contributed by atoms with van der Waals surface area (Å²) in [6, 6.07) is 2.80. The first-order chi connectivity index (χ1) is 9.49. The van der Waals surface area contributed by atoms with Crippen LogP contribution in [0, 0.1) is 5.92 Å². The first-order valence-electron chi connectivity index (χ1n) is 7.08. The van der Waals surface area contributed by atoms with E-state index in [1.807, 2.05) is 0 Å². The van der Waals surface area contributed by atoms with Crippen LogP contribution in [0.5, 0.6) is 0 Å². The lowest BCUT2D eigenvalue weighted by atomic mass is 9.97. The van der Waals surface area contributed by atoms with Gasteiger partial charge in [-0.15, -0.1) is 23.7 Å². The maximum atomic E-state index is 12.5. The summed E-state index contributed by atoms with van der Waals surface area (Å²) in [5.41, 5.74) is 0. The fourth-order valence-electron chi connectivity index (χ4n) is 2.53. The molecular formula is C14H22ClF3N2S. The molecule has 21 heavy (non-hydrogen) atoms. The molecule has 2 rings (SSSR count). The van der Waals surface area contributed by atoms with Crippen LogP contribution in [0.3, 0.4) is 0 Å². The zero-order valence-electron chi connectivity index (χ0n) is 12.1. The Kier molecular flexibility index (Phi) is 7.47. The summed E-state index contributed by atoms with van der Waals surface area (Å²) in [6.45, 7) is 6.76. The predicted molar refractivity (Wildman–Crippen MR) is 83.1 cm³/mol. The third kappa shape index (κ3) is 5.77. The average molecular weight is 343 g/mol. The van der Waals surface area contributed by atoms with E-state index in [4.69, 9.17) is 0 Å². The van der Waals surface area contributed by atoms with Crippen molar-refractivity contribution in [3.05, 3.63) is 21.9 Å². The monoisotopic (exact) mass is 342 g/mol. The number of hydrogen-bond acceptors (Lipinski definition) is 3. The topological polar surface area (TPSA) is 15.3 Å². The van der Waals surface area contributed by atoms with Crippen LogP contribution in [0.25, 0.3) is 0 Å². The van der Waals surface area contributed by atoms with Crippen molar-refractivity contribution >= 4 is 23.7 Å². The zero-order valence-corrected chi connectivity index (χ0v) is 13.7. The minimum absolute atomic E-state index is 0. The lowest BCUT2D eigenvalue weighted by Crippen LogP contribution is -2.36. The fourth-order valence-corrected chi connectivity index (χ4v) is 3.45. The van der Waals surface area contributed by atoms with Crippen LogP contribution >= 0.6 is 23.7 Å². The standard InChI is InChI=1S/C14H21F3N2S.ClH/c1-2-18-9-11-5-7-19(8-6-11)10-12-3-4-13(20-12)14(15,16)17;/h3-4,11,18H,2,5-10H2,1H3;1H. The molecule has 1 N–H and O–H groups in total. The molecule has 0 amide bonds. The molecule has 1 aromatic rings. The maximum Gasteiger partial charge on any atom is 0.425 e. The van der Waals surface area contributed by atoms with Gasteiger partial charge in [0.25, 0.3) is 0 Å². The molecule has 1 fully saturated rings. The summed E-state index contributed by atoms with van der Waals surface area (Å²) in [4.78, 5) is 2.58. The second-order valence-corrected chi connectivity index (χ2v) is 6.46. The number of nitrogens with zero attached hydrogens (tertiary/aromatic N) is 1. The van der Waals surface area contributed by atoms with Gasteiger partial charge in [-0.1, -0.05) is 6.92 Å². The highest BCUT2D eigenvalue weighted by Gasteiger charge is 2.32. The van der Waals surface area contributed by atoms with E-state index in [1.165, 1.54) is 6.07 Å². The van der Waals surface area contributed by atoms with E-state index < -0.39 is 11.1 Å². The van der Waals surface area contributed by atoms with Gasteiger partial charge in [-0.25, -0.2) is 0 Å². The van der Waals surface area contributed by atoms with Crippen LogP contribution in [0.1, 0.15) is 29.5 Å². The molecular weight excluding hydrogens is 321 g/mol. The molecule has 122 valence electrons. The number of alkyl halides is 3. The molecule has 0 spiro atoms. The minimum Gasteiger partial charge on any atom is -0.317 e. The summed E-state index contributed by atoms with van der Waals surface area (Å²) in [5, 5.41) is 3.36. The van der Waals surface area contributed by atoms with Crippen LogP contribution in [0.2, 0.25) is 0 Å². The van der Waals surface area contributed by atoms with Gasteiger partial charge in [0.2, 0.25) is 0 Å². The van der Waals surface area contributed by atoms with Crippen LogP contribution < -0.4 is 5.32 Å². The third-order valence-electron chi connectivity index (χ3n) is 3.71. The number of thiophene rings is 1. The van der Waals surface area contributed by atoms with Crippen molar-refractivity contribution < 1.29 is 13.2 Å². The van der Waals surface area contributed by atoms with Gasteiger partial charge in [0.05, 0.1) is 0 Å². The van der Waals surface area contributed by atoms with Crippen LogP contribution in [0.15, 0.2) is 12.1 Å². The van der Waals surface area contributed by atoms with Crippen molar-refractivity contribution in [2.75, 3.05) is 26.2 Å². The van der Waals surface area contributed by atoms with E-state index in [1.54, 1.807) is 6.07 Å². The summed E-state index contributed by atoms with van der Waals surface area (Å²) >= 11 is 0.869. The quantitative estimate of drug-likeness (QED) is 0.869. The molecule has 2 nitrogen and oxygen atoms in total. The second kappa shape index (κ2) is 8.36. The Hall–Kier alpha value is -0.300. The van der Waals surface area contributed by atoms with Gasteiger partial charge in [-0.3, -0.25) is 4.90 Å². The van der Waals surface area contributed by atoms with Gasteiger partial charge in [0.1, 0.15) is 4.88 Å². The summed E-state index contributed by atoms with van der Waals surface area (Å²) in [5.74, 6) is 0.709. The van der Waals surface area contributed by atoms with E-state index in [0.717, 1.165) is 55.2 Å². The molecule has 1 aliphatic heterocycles. The van der Waals surface area contributed by atoms with E-state index in [9.17, 15) is 13.2 Å². The lowest BCUT2D eigenvalue weighted by molar-refractivity contribution is -0.134. The number of piperidine rings is 1. The largest absolute Gasteiger partial charge is 0.425 e. The van der Waals surface area contributed by atoms with Gasteiger partial charge >= 0.3 is 6.18 Å². The zero-order chi connectivity index (χ0) is 14.6. The van der Waals surface area contributed by atoms with Crippen molar-refractivity contribution in [1.29, 1.82) is 0 Å². The van der Waals surface area contributed by atoms with Gasteiger partial charge in [-0.2, -0.15) is 13.2 Å². The molecule has 0 bridgehead atoms. The Morgan fingerprint density at radius 2 is 1.95 bits per heavy atom. The van der Waals surface area contributed by atoms with Crippen molar-refractivity contribution in [1.82, 2.24) is 10.2 Å². The first-order valence-corrected chi connectivity index (χ1v) is 7.89. The predicted octanol–water partition coefficient (Wildman–Crippen LogP) is 4.01. The first kappa shape index (κ1) is 18.7. The van der Waals surface area contributed by atoms with Gasteiger partial charge in [0.15, 0.2) is 0 Å². The molecule has 0 unspecified atom stereocenters. The van der Waals surface area contributed by atoms with Crippen molar-refractivity contribution in [3.8, 4) is 0 Å². The highest BCUT2D eigenvalue weighted by Crippen LogP contribution is 2.35. The van der Waals surface area contributed by atoms with E-state index in [-0.39, 0.29) is 12.4 Å². The maximum absolute atomic E-state index is 12.5. The highest BCUT2D eigenvalue weighted by molar-refractivity contribution is 7.12. The van der Waals surface area contributed by atoms with Crippen LogP contribution in [-0.4, -0.2) is 31.1 Å². The third-order valence-corrected chi connectivity index (χ3v) is 4.83. The normalized spacial score (nSPS) is 17.7.